The number of aliphatic imine (C=N–C) groups is 1. The first-order chi connectivity index (χ1) is 10.6. The van der Waals surface area contributed by atoms with E-state index in [0.29, 0.717) is 17.3 Å². The van der Waals surface area contributed by atoms with Gasteiger partial charge in [-0.15, -0.1) is 12.4 Å². The zero-order valence-electron chi connectivity index (χ0n) is 12.4. The molecule has 1 heterocycles. The smallest absolute Gasteiger partial charge is 0.339 e. The molecule has 0 spiro atoms. The molecule has 1 N–H and O–H groups in total. The van der Waals surface area contributed by atoms with Gasteiger partial charge in [0.2, 0.25) is 0 Å². The molecule has 3 rings (SSSR count). The molecule has 0 radical (unpaired) electrons. The topological polar surface area (TPSA) is 58.9 Å². The number of nitrogens with zero attached hydrogens (tertiary/aromatic N) is 1. The number of benzene rings is 2. The van der Waals surface area contributed by atoms with Gasteiger partial charge in [-0.25, -0.2) is 4.79 Å². The number of carboxylic acid groups (broad SMARTS) is 1. The van der Waals surface area contributed by atoms with Crippen molar-refractivity contribution in [3.05, 3.63) is 63.7 Å². The Bertz CT molecular complexity index is 787. The maximum atomic E-state index is 11.2. The van der Waals surface area contributed by atoms with Gasteiger partial charge in [-0.05, 0) is 36.2 Å². The lowest BCUT2D eigenvalue weighted by Gasteiger charge is -2.18. The number of carboxylic acids is 1. The lowest BCUT2D eigenvalue weighted by Crippen LogP contribution is -2.14. The Hall–Kier alpha value is -2.04. The molecule has 1 aliphatic rings. The molecule has 2 aromatic carbocycles. The number of halogens is 2. The fraction of sp³-hybridized carbons (Fsp3) is 0.176. The van der Waals surface area contributed by atoms with E-state index in [1.165, 1.54) is 18.7 Å². The molecule has 6 heteroatoms. The summed E-state index contributed by atoms with van der Waals surface area (Å²) in [5.41, 5.74) is 3.96. The Labute approximate surface area is 145 Å². The number of methoxy groups -OCH3 is 1. The largest absolute Gasteiger partial charge is 0.496 e. The lowest BCUT2D eigenvalue weighted by atomic mass is 9.93. The number of fused-ring (bicyclic) bond motifs is 1. The molecule has 120 valence electrons. The minimum atomic E-state index is -1.02. The molecule has 0 aromatic heterocycles. The Balaban J connectivity index is 0.00000192. The van der Waals surface area contributed by atoms with Crippen molar-refractivity contribution in [2.24, 2.45) is 4.99 Å². The third-order valence-electron chi connectivity index (χ3n) is 3.68. The summed E-state index contributed by atoms with van der Waals surface area (Å²) in [7, 11) is 1.46. The first kappa shape index (κ1) is 17.3. The summed E-state index contributed by atoms with van der Waals surface area (Å²) in [5.74, 6) is -0.695. The van der Waals surface area contributed by atoms with Gasteiger partial charge in [0, 0.05) is 22.7 Å². The molecule has 0 fully saturated rings. The second-order valence-electron chi connectivity index (χ2n) is 5.00. The predicted octanol–water partition coefficient (Wildman–Crippen LogP) is 3.86. The number of aromatic carboxylic acids is 1. The van der Waals surface area contributed by atoms with Gasteiger partial charge in [0.1, 0.15) is 11.3 Å². The molecular weight excluding hydrogens is 337 g/mol. The second kappa shape index (κ2) is 7.02. The van der Waals surface area contributed by atoms with E-state index in [-0.39, 0.29) is 18.0 Å². The summed E-state index contributed by atoms with van der Waals surface area (Å²) in [6.45, 7) is 0.701. The third-order valence-corrected chi connectivity index (χ3v) is 3.92. The summed E-state index contributed by atoms with van der Waals surface area (Å²) < 4.78 is 5.19. The Morgan fingerprint density at radius 1 is 1.26 bits per heavy atom. The van der Waals surface area contributed by atoms with E-state index in [1.54, 1.807) is 12.1 Å². The minimum absolute atomic E-state index is 0. The average Bonchev–Trinajstić information content (AvgIpc) is 2.53. The minimum Gasteiger partial charge on any atom is -0.496 e. The standard InChI is InChI=1S/C17H14ClNO3.ClH/c1-22-15-8-11(3-5-13(15)17(20)21)16-14-9-12(18)4-2-10(14)6-7-19-16;/h2-5,8-9H,6-7H2,1H3,(H,20,21);1H. The van der Waals surface area contributed by atoms with Crippen LogP contribution in [0, 0.1) is 0 Å². The van der Waals surface area contributed by atoms with E-state index < -0.39 is 5.97 Å². The van der Waals surface area contributed by atoms with Crippen LogP contribution < -0.4 is 4.74 Å². The Morgan fingerprint density at radius 3 is 2.74 bits per heavy atom. The van der Waals surface area contributed by atoms with E-state index in [9.17, 15) is 4.79 Å². The molecule has 23 heavy (non-hydrogen) atoms. The maximum Gasteiger partial charge on any atom is 0.339 e. The zero-order valence-corrected chi connectivity index (χ0v) is 13.9. The fourth-order valence-electron chi connectivity index (χ4n) is 2.62. The van der Waals surface area contributed by atoms with Crippen LogP contribution in [0.25, 0.3) is 0 Å². The van der Waals surface area contributed by atoms with Crippen molar-refractivity contribution in [2.45, 2.75) is 6.42 Å². The van der Waals surface area contributed by atoms with Gasteiger partial charge in [-0.2, -0.15) is 0 Å². The molecule has 0 aliphatic carbocycles. The number of ether oxygens (including phenoxy) is 1. The van der Waals surface area contributed by atoms with Gasteiger partial charge >= 0.3 is 5.97 Å². The van der Waals surface area contributed by atoms with E-state index in [0.717, 1.165) is 23.3 Å². The van der Waals surface area contributed by atoms with Crippen LogP contribution in [0.1, 0.15) is 27.0 Å². The van der Waals surface area contributed by atoms with Crippen LogP contribution >= 0.6 is 24.0 Å². The average molecular weight is 352 g/mol. The molecule has 0 saturated heterocycles. The van der Waals surface area contributed by atoms with Crippen LogP contribution in [0.3, 0.4) is 0 Å². The first-order valence-corrected chi connectivity index (χ1v) is 7.23. The number of hydrogen-bond acceptors (Lipinski definition) is 3. The highest BCUT2D eigenvalue weighted by molar-refractivity contribution is 6.31. The SMILES string of the molecule is COc1cc(C2=NCCc3ccc(Cl)cc32)ccc1C(=O)O.Cl. The highest BCUT2D eigenvalue weighted by Crippen LogP contribution is 2.27. The van der Waals surface area contributed by atoms with Crippen molar-refractivity contribution in [3.8, 4) is 5.75 Å². The van der Waals surface area contributed by atoms with Crippen LogP contribution in [0.15, 0.2) is 41.4 Å². The van der Waals surface area contributed by atoms with E-state index in [4.69, 9.17) is 21.4 Å². The normalized spacial score (nSPS) is 12.7. The molecule has 2 aromatic rings. The lowest BCUT2D eigenvalue weighted by molar-refractivity contribution is 0.0693. The third kappa shape index (κ3) is 3.33. The van der Waals surface area contributed by atoms with Crippen molar-refractivity contribution in [2.75, 3.05) is 13.7 Å². The summed E-state index contributed by atoms with van der Waals surface area (Å²) in [5, 5.41) is 9.82. The van der Waals surface area contributed by atoms with Gasteiger partial charge in [0.25, 0.3) is 0 Å². The molecule has 0 amide bonds. The first-order valence-electron chi connectivity index (χ1n) is 6.85. The fourth-order valence-corrected chi connectivity index (χ4v) is 2.79. The maximum absolute atomic E-state index is 11.2. The van der Waals surface area contributed by atoms with Crippen LogP contribution in [-0.4, -0.2) is 30.4 Å². The summed E-state index contributed by atoms with van der Waals surface area (Å²) in [6, 6.07) is 10.8. The number of hydrogen-bond donors (Lipinski definition) is 1. The number of rotatable bonds is 3. The van der Waals surface area contributed by atoms with Crippen molar-refractivity contribution in [1.82, 2.24) is 0 Å². The van der Waals surface area contributed by atoms with Crippen molar-refractivity contribution < 1.29 is 14.6 Å². The van der Waals surface area contributed by atoms with Gasteiger partial charge in [0.15, 0.2) is 0 Å². The molecule has 0 bridgehead atoms. The molecule has 0 saturated carbocycles. The van der Waals surface area contributed by atoms with Crippen molar-refractivity contribution in [1.29, 1.82) is 0 Å². The highest BCUT2D eigenvalue weighted by Gasteiger charge is 2.19. The monoisotopic (exact) mass is 351 g/mol. The van der Waals surface area contributed by atoms with Crippen molar-refractivity contribution >= 4 is 35.7 Å². The van der Waals surface area contributed by atoms with Gasteiger partial charge < -0.3 is 9.84 Å². The van der Waals surface area contributed by atoms with Gasteiger partial charge in [-0.3, -0.25) is 4.99 Å². The van der Waals surface area contributed by atoms with E-state index >= 15 is 0 Å². The molecule has 1 aliphatic heterocycles. The summed E-state index contributed by atoms with van der Waals surface area (Å²) >= 11 is 6.10. The van der Waals surface area contributed by atoms with Crippen molar-refractivity contribution in [3.63, 3.8) is 0 Å². The van der Waals surface area contributed by atoms with Gasteiger partial charge in [-0.1, -0.05) is 23.7 Å². The predicted molar refractivity (Wildman–Crippen MR) is 92.9 cm³/mol. The van der Waals surface area contributed by atoms with Gasteiger partial charge in [0.05, 0.1) is 12.8 Å². The molecule has 0 atom stereocenters. The highest BCUT2D eigenvalue weighted by atomic mass is 35.5. The Kier molecular flexibility index (Phi) is 5.29. The Morgan fingerprint density at radius 2 is 2.04 bits per heavy atom. The quantitative estimate of drug-likeness (QED) is 0.913. The molecule has 0 unspecified atom stereocenters. The molecular formula is C17H15Cl2NO3. The number of carbonyl (C=O) groups is 1. The van der Waals surface area contributed by atoms with Crippen LogP contribution in [0.2, 0.25) is 5.02 Å². The summed E-state index contributed by atoms with van der Waals surface area (Å²) in [6.07, 6.45) is 0.875. The van der Waals surface area contributed by atoms with E-state index in [2.05, 4.69) is 4.99 Å². The van der Waals surface area contributed by atoms with Crippen LogP contribution in [0.5, 0.6) is 5.75 Å². The summed E-state index contributed by atoms with van der Waals surface area (Å²) in [4.78, 5) is 15.8. The van der Waals surface area contributed by atoms with Crippen LogP contribution in [-0.2, 0) is 6.42 Å². The van der Waals surface area contributed by atoms with E-state index in [1.807, 2.05) is 18.2 Å². The van der Waals surface area contributed by atoms with Crippen LogP contribution in [0.4, 0.5) is 0 Å². The second-order valence-corrected chi connectivity index (χ2v) is 5.44. The zero-order chi connectivity index (χ0) is 15.7. The molecule has 4 nitrogen and oxygen atoms in total.